The third-order valence-corrected chi connectivity index (χ3v) is 5.53. The normalized spacial score (nSPS) is 10.9. The lowest BCUT2D eigenvalue weighted by Crippen LogP contribution is -2.05. The Morgan fingerprint density at radius 1 is 1.00 bits per heavy atom. The average molecular weight is 443 g/mol. The molecule has 4 rings (SSSR count). The minimum absolute atomic E-state index is 0.0297. The Hall–Kier alpha value is -3.80. The molecule has 0 aliphatic rings. The van der Waals surface area contributed by atoms with E-state index in [1.165, 1.54) is 12.3 Å². The number of hydrogen-bond donors (Lipinski definition) is 2. The van der Waals surface area contributed by atoms with Crippen molar-refractivity contribution in [2.24, 2.45) is 0 Å². The van der Waals surface area contributed by atoms with E-state index in [2.05, 4.69) is 27.5 Å². The molecule has 0 saturated carbocycles. The topological polar surface area (TPSA) is 66.9 Å². The van der Waals surface area contributed by atoms with Crippen molar-refractivity contribution in [3.05, 3.63) is 78.4 Å². The van der Waals surface area contributed by atoms with Crippen molar-refractivity contribution >= 4 is 33.9 Å². The van der Waals surface area contributed by atoms with Crippen molar-refractivity contribution in [3.63, 3.8) is 0 Å². The fourth-order valence-electron chi connectivity index (χ4n) is 3.69. The highest BCUT2D eigenvalue weighted by molar-refractivity contribution is 6.09. The molecule has 0 aliphatic heterocycles. The summed E-state index contributed by atoms with van der Waals surface area (Å²) in [6, 6.07) is 16.5. The number of para-hydroxylation sites is 1. The van der Waals surface area contributed by atoms with Crippen molar-refractivity contribution in [2.45, 2.75) is 33.1 Å². The Morgan fingerprint density at radius 2 is 1.82 bits per heavy atom. The number of rotatable bonds is 9. The van der Waals surface area contributed by atoms with Gasteiger partial charge < -0.3 is 10.6 Å². The first kappa shape index (κ1) is 22.4. The van der Waals surface area contributed by atoms with E-state index in [4.69, 9.17) is 0 Å². The number of nitrogens with zero attached hydrogens (tertiary/aromatic N) is 2. The van der Waals surface area contributed by atoms with Gasteiger partial charge in [-0.15, -0.1) is 0 Å². The number of ketones is 1. The van der Waals surface area contributed by atoms with Crippen LogP contribution in [0, 0.1) is 5.82 Å². The molecule has 2 N–H and O–H groups in total. The second-order valence-electron chi connectivity index (χ2n) is 7.88. The predicted molar refractivity (Wildman–Crippen MR) is 133 cm³/mol. The number of pyridine rings is 2. The van der Waals surface area contributed by atoms with Crippen molar-refractivity contribution in [3.8, 4) is 11.1 Å². The van der Waals surface area contributed by atoms with E-state index in [0.717, 1.165) is 30.9 Å². The molecule has 0 atom stereocenters. The number of nitrogens with one attached hydrogen (secondary N) is 2. The first-order valence-corrected chi connectivity index (χ1v) is 11.3. The van der Waals surface area contributed by atoms with Gasteiger partial charge in [0.25, 0.3) is 0 Å². The van der Waals surface area contributed by atoms with Gasteiger partial charge in [-0.2, -0.15) is 0 Å². The molecule has 4 aromatic rings. The monoisotopic (exact) mass is 442 g/mol. The number of fused-ring (bicyclic) bond motifs is 1. The van der Waals surface area contributed by atoms with E-state index in [1.54, 1.807) is 12.3 Å². The summed E-state index contributed by atoms with van der Waals surface area (Å²) in [6.07, 6.45) is 5.70. The first-order chi connectivity index (χ1) is 16.1. The molecule has 6 heteroatoms. The SMILES string of the molecule is CCCCNc1ccc(-c2cc3c(Nc4ccccc4)c(C(=O)CC)cnc3cc2F)cn1. The molecule has 33 heavy (non-hydrogen) atoms. The van der Waals surface area contributed by atoms with E-state index < -0.39 is 0 Å². The number of carbonyl (C=O) groups is 1. The van der Waals surface area contributed by atoms with Crippen LogP contribution in [0.4, 0.5) is 21.6 Å². The zero-order valence-corrected chi connectivity index (χ0v) is 18.9. The van der Waals surface area contributed by atoms with Crippen LogP contribution in [0.15, 0.2) is 67.0 Å². The van der Waals surface area contributed by atoms with Crippen LogP contribution in [0.1, 0.15) is 43.5 Å². The summed E-state index contributed by atoms with van der Waals surface area (Å²) >= 11 is 0. The lowest BCUT2D eigenvalue weighted by molar-refractivity contribution is 0.0989. The third-order valence-electron chi connectivity index (χ3n) is 5.53. The van der Waals surface area contributed by atoms with Gasteiger partial charge in [-0.05, 0) is 36.8 Å². The van der Waals surface area contributed by atoms with Crippen molar-refractivity contribution in [1.29, 1.82) is 0 Å². The van der Waals surface area contributed by atoms with Crippen LogP contribution in [-0.4, -0.2) is 22.3 Å². The maximum atomic E-state index is 15.1. The molecular weight excluding hydrogens is 415 g/mol. The summed E-state index contributed by atoms with van der Waals surface area (Å²) in [4.78, 5) is 21.5. The Kier molecular flexibility index (Phi) is 6.93. The largest absolute Gasteiger partial charge is 0.370 e. The molecule has 168 valence electrons. The van der Waals surface area contributed by atoms with E-state index >= 15 is 4.39 Å². The van der Waals surface area contributed by atoms with Gasteiger partial charge in [0.05, 0.1) is 16.8 Å². The van der Waals surface area contributed by atoms with Crippen LogP contribution in [0.2, 0.25) is 0 Å². The number of unbranched alkanes of at least 4 members (excludes halogenated alkanes) is 1. The molecular formula is C27H27FN4O. The highest BCUT2D eigenvalue weighted by Crippen LogP contribution is 2.34. The molecule has 0 fully saturated rings. The zero-order valence-electron chi connectivity index (χ0n) is 18.9. The standard InChI is InChI=1S/C27H27FN4O/c1-3-5-13-29-26-12-11-18(16-31-26)20-14-21-24(15-23(20)28)30-17-22(25(33)4-2)27(21)32-19-9-7-6-8-10-19/h6-12,14-17H,3-5,13H2,1-2H3,(H,29,31)(H,30,32). The van der Waals surface area contributed by atoms with E-state index in [-0.39, 0.29) is 11.6 Å². The summed E-state index contributed by atoms with van der Waals surface area (Å²) in [6.45, 7) is 4.80. The Morgan fingerprint density at radius 3 is 2.52 bits per heavy atom. The highest BCUT2D eigenvalue weighted by Gasteiger charge is 2.17. The van der Waals surface area contributed by atoms with Gasteiger partial charge in [-0.25, -0.2) is 9.37 Å². The molecule has 0 amide bonds. The van der Waals surface area contributed by atoms with Gasteiger partial charge in [0, 0.05) is 53.6 Å². The van der Waals surface area contributed by atoms with Gasteiger partial charge in [0.2, 0.25) is 0 Å². The molecule has 0 bridgehead atoms. The fraction of sp³-hybridized carbons (Fsp3) is 0.222. The molecule has 2 aromatic heterocycles. The minimum Gasteiger partial charge on any atom is -0.370 e. The third kappa shape index (κ3) is 5.00. The Labute approximate surface area is 193 Å². The van der Waals surface area contributed by atoms with Crippen molar-refractivity contribution in [1.82, 2.24) is 9.97 Å². The van der Waals surface area contributed by atoms with Gasteiger partial charge in [-0.3, -0.25) is 9.78 Å². The number of hydrogen-bond acceptors (Lipinski definition) is 5. The number of Topliss-reactive ketones (excluding diaryl/α,β-unsaturated/α-hetero) is 1. The number of halogens is 1. The van der Waals surface area contributed by atoms with Crippen LogP contribution in [0.3, 0.4) is 0 Å². The molecule has 5 nitrogen and oxygen atoms in total. The summed E-state index contributed by atoms with van der Waals surface area (Å²) in [7, 11) is 0. The summed E-state index contributed by atoms with van der Waals surface area (Å²) < 4.78 is 15.1. The minimum atomic E-state index is -0.385. The number of benzene rings is 2. The van der Waals surface area contributed by atoms with Gasteiger partial charge in [0.1, 0.15) is 11.6 Å². The highest BCUT2D eigenvalue weighted by atomic mass is 19.1. The summed E-state index contributed by atoms with van der Waals surface area (Å²) in [5.74, 6) is 0.346. The first-order valence-electron chi connectivity index (χ1n) is 11.3. The Balaban J connectivity index is 1.80. The van der Waals surface area contributed by atoms with Crippen LogP contribution in [-0.2, 0) is 0 Å². The smallest absolute Gasteiger partial charge is 0.166 e. The maximum Gasteiger partial charge on any atom is 0.166 e. The molecule has 2 aromatic carbocycles. The van der Waals surface area contributed by atoms with Crippen LogP contribution < -0.4 is 10.6 Å². The molecule has 0 radical (unpaired) electrons. The van der Waals surface area contributed by atoms with Crippen LogP contribution >= 0.6 is 0 Å². The predicted octanol–water partition coefficient (Wildman–Crippen LogP) is 6.98. The quantitative estimate of drug-likeness (QED) is 0.216. The van der Waals surface area contributed by atoms with Crippen molar-refractivity contribution in [2.75, 3.05) is 17.2 Å². The number of anilines is 3. The molecule has 0 saturated heterocycles. The molecule has 0 spiro atoms. The van der Waals surface area contributed by atoms with E-state index in [1.807, 2.05) is 49.4 Å². The molecule has 2 heterocycles. The van der Waals surface area contributed by atoms with Gasteiger partial charge in [-0.1, -0.05) is 38.5 Å². The average Bonchev–Trinajstić information content (AvgIpc) is 2.85. The van der Waals surface area contributed by atoms with Crippen LogP contribution in [0.25, 0.3) is 22.0 Å². The number of aromatic nitrogens is 2. The second kappa shape index (κ2) is 10.2. The lowest BCUT2D eigenvalue weighted by atomic mass is 9.99. The fourth-order valence-corrected chi connectivity index (χ4v) is 3.69. The number of carbonyl (C=O) groups excluding carboxylic acids is 1. The van der Waals surface area contributed by atoms with Crippen molar-refractivity contribution < 1.29 is 9.18 Å². The Bertz CT molecular complexity index is 1260. The van der Waals surface area contributed by atoms with Gasteiger partial charge >= 0.3 is 0 Å². The summed E-state index contributed by atoms with van der Waals surface area (Å²) in [5, 5.41) is 7.31. The molecule has 0 aliphatic carbocycles. The van der Waals surface area contributed by atoms with Gasteiger partial charge in [0.15, 0.2) is 5.78 Å². The maximum absolute atomic E-state index is 15.1. The van der Waals surface area contributed by atoms with Crippen LogP contribution in [0.5, 0.6) is 0 Å². The lowest BCUT2D eigenvalue weighted by Gasteiger charge is -2.15. The summed E-state index contributed by atoms with van der Waals surface area (Å²) in [5.41, 5.74) is 3.51. The van der Waals surface area contributed by atoms with E-state index in [0.29, 0.717) is 39.7 Å². The second-order valence-corrected chi connectivity index (χ2v) is 7.88. The van der Waals surface area contributed by atoms with E-state index in [9.17, 15) is 4.79 Å². The molecule has 0 unspecified atom stereocenters. The zero-order chi connectivity index (χ0) is 23.2.